The van der Waals surface area contributed by atoms with Gasteiger partial charge in [-0.25, -0.2) is 9.13 Å². The number of aliphatic hydroxyl groups is 1. The highest BCUT2D eigenvalue weighted by atomic mass is 31.2. The number of unbranched alkanes of at least 4 members (excludes halogenated alkanes) is 26. The molecule has 0 saturated carbocycles. The molecule has 76 heavy (non-hydrogen) atoms. The smallest absolute Gasteiger partial charge is 0.462 e. The van der Waals surface area contributed by atoms with Crippen LogP contribution in [0, 0.1) is 11.8 Å². The van der Waals surface area contributed by atoms with Crippen molar-refractivity contribution in [2.24, 2.45) is 11.8 Å². The molecule has 0 radical (unpaired) electrons. The number of carbonyl (C=O) groups excluding carboxylic acids is 4. The van der Waals surface area contributed by atoms with E-state index in [1.54, 1.807) is 0 Å². The largest absolute Gasteiger partial charge is 0.472 e. The molecular weight excluding hydrogens is 1020 g/mol. The number of phosphoric acid groups is 2. The molecule has 17 nitrogen and oxygen atoms in total. The maximum absolute atomic E-state index is 12.9. The van der Waals surface area contributed by atoms with Gasteiger partial charge in [0.2, 0.25) is 0 Å². The van der Waals surface area contributed by atoms with Crippen molar-refractivity contribution in [1.82, 2.24) is 0 Å². The first-order chi connectivity index (χ1) is 36.4. The van der Waals surface area contributed by atoms with Gasteiger partial charge in [0.05, 0.1) is 26.4 Å². The van der Waals surface area contributed by atoms with Gasteiger partial charge in [0.25, 0.3) is 0 Å². The molecule has 0 spiro atoms. The Morgan fingerprint density at radius 2 is 0.605 bits per heavy atom. The van der Waals surface area contributed by atoms with E-state index in [0.717, 1.165) is 121 Å². The van der Waals surface area contributed by atoms with Crippen LogP contribution in [-0.4, -0.2) is 96.7 Å². The van der Waals surface area contributed by atoms with Crippen molar-refractivity contribution in [3.05, 3.63) is 0 Å². The third-order valence-corrected chi connectivity index (χ3v) is 14.9. The van der Waals surface area contributed by atoms with Crippen LogP contribution < -0.4 is 0 Å². The average molecular weight is 1130 g/mol. The lowest BCUT2D eigenvalue weighted by Gasteiger charge is -2.21. The van der Waals surface area contributed by atoms with Gasteiger partial charge in [0.1, 0.15) is 19.3 Å². The van der Waals surface area contributed by atoms with Crippen LogP contribution in [0.15, 0.2) is 0 Å². The molecule has 2 unspecified atom stereocenters. The Balaban J connectivity index is 5.21. The SMILES string of the molecule is CCCCCCCCCCC(=O)O[C@H](COC(=O)CCCCCCCCC)COP(=O)(O)OC[C@H](O)COP(=O)(O)OC[C@@H](COC(=O)CCCCCCCCCC(C)C)OC(=O)CCCCCCCCCCC(C)C. The molecule has 0 aliphatic heterocycles. The second-order valence-corrected chi connectivity index (χ2v) is 24.5. The quantitative estimate of drug-likeness (QED) is 0.0222. The molecule has 0 aliphatic carbocycles. The Morgan fingerprint density at radius 1 is 0.355 bits per heavy atom. The standard InChI is InChI=1S/C57H110O17P2/c1-7-9-11-13-15-22-29-35-41-56(61)73-52(45-67-54(59)39-33-27-19-14-12-10-8-2)47-71-75(63,64)69-43-51(58)44-70-76(65,66)72-48-53(46-68-55(60)40-34-28-24-18-21-26-32-38-50(5)6)74-57(62)42-36-30-23-17-16-20-25-31-37-49(3)4/h49-53,58H,7-48H2,1-6H3,(H,63,64)(H,65,66)/t51-,52+,53+/m0/s1. The van der Waals surface area contributed by atoms with E-state index in [9.17, 15) is 43.2 Å². The number of hydrogen-bond acceptors (Lipinski definition) is 15. The van der Waals surface area contributed by atoms with Gasteiger partial charge in [-0.05, 0) is 37.5 Å². The van der Waals surface area contributed by atoms with Crippen LogP contribution in [0.25, 0.3) is 0 Å². The van der Waals surface area contributed by atoms with Crippen LogP contribution in [0.5, 0.6) is 0 Å². The molecule has 0 heterocycles. The van der Waals surface area contributed by atoms with Crippen molar-refractivity contribution >= 4 is 39.5 Å². The van der Waals surface area contributed by atoms with Gasteiger partial charge in [-0.1, -0.05) is 221 Å². The van der Waals surface area contributed by atoms with Gasteiger partial charge in [0, 0.05) is 25.7 Å². The number of carbonyl (C=O) groups is 4. The molecule has 3 N–H and O–H groups in total. The number of rotatable bonds is 56. The normalized spacial score (nSPS) is 14.5. The third kappa shape index (κ3) is 51.5. The number of ether oxygens (including phenoxy) is 4. The van der Waals surface area contributed by atoms with E-state index >= 15 is 0 Å². The fourth-order valence-corrected chi connectivity index (χ4v) is 9.87. The fraction of sp³-hybridized carbons (Fsp3) is 0.930. The molecule has 19 heteroatoms. The Kier molecular flexibility index (Phi) is 48.8. The van der Waals surface area contributed by atoms with Crippen LogP contribution in [0.1, 0.15) is 273 Å². The third-order valence-electron chi connectivity index (χ3n) is 13.0. The van der Waals surface area contributed by atoms with Crippen molar-refractivity contribution in [1.29, 1.82) is 0 Å². The van der Waals surface area contributed by atoms with Crippen LogP contribution in [0.4, 0.5) is 0 Å². The molecule has 0 aromatic carbocycles. The Bertz CT molecular complexity index is 1510. The number of phosphoric ester groups is 2. The van der Waals surface area contributed by atoms with Gasteiger partial charge in [-0.2, -0.15) is 0 Å². The van der Waals surface area contributed by atoms with Gasteiger partial charge in [-0.15, -0.1) is 0 Å². The second-order valence-electron chi connectivity index (χ2n) is 21.6. The summed E-state index contributed by atoms with van der Waals surface area (Å²) in [4.78, 5) is 71.6. The molecule has 0 aromatic heterocycles. The first-order valence-electron chi connectivity index (χ1n) is 30.0. The lowest BCUT2D eigenvalue weighted by molar-refractivity contribution is -0.161. The summed E-state index contributed by atoms with van der Waals surface area (Å²) in [5.74, 6) is -0.730. The molecule has 450 valence electrons. The maximum atomic E-state index is 12.9. The first kappa shape index (κ1) is 74.1. The zero-order valence-electron chi connectivity index (χ0n) is 48.5. The summed E-state index contributed by atoms with van der Waals surface area (Å²) in [6.07, 6.45) is 29.6. The van der Waals surface area contributed by atoms with Crippen molar-refractivity contribution in [2.45, 2.75) is 291 Å². The molecule has 0 fully saturated rings. The minimum atomic E-state index is -4.94. The Hall–Kier alpha value is -1.94. The van der Waals surface area contributed by atoms with E-state index in [1.807, 2.05) is 0 Å². The predicted molar refractivity (Wildman–Crippen MR) is 298 cm³/mol. The highest BCUT2D eigenvalue weighted by Crippen LogP contribution is 2.45. The van der Waals surface area contributed by atoms with Gasteiger partial charge < -0.3 is 33.8 Å². The molecule has 0 bridgehead atoms. The maximum Gasteiger partial charge on any atom is 0.472 e. The summed E-state index contributed by atoms with van der Waals surface area (Å²) >= 11 is 0. The zero-order chi connectivity index (χ0) is 56.6. The predicted octanol–water partition coefficient (Wildman–Crippen LogP) is 14.9. The molecule has 0 rings (SSSR count). The Labute approximate surface area is 460 Å². The first-order valence-corrected chi connectivity index (χ1v) is 33.0. The minimum Gasteiger partial charge on any atom is -0.462 e. The molecular formula is C57H110O17P2. The molecule has 0 saturated heterocycles. The van der Waals surface area contributed by atoms with Crippen molar-refractivity contribution in [3.63, 3.8) is 0 Å². The van der Waals surface area contributed by atoms with E-state index in [2.05, 4.69) is 41.5 Å². The van der Waals surface area contributed by atoms with E-state index in [1.165, 1.54) is 64.2 Å². The Morgan fingerprint density at radius 3 is 0.895 bits per heavy atom. The monoisotopic (exact) mass is 1130 g/mol. The van der Waals surface area contributed by atoms with Crippen LogP contribution in [0.2, 0.25) is 0 Å². The summed E-state index contributed by atoms with van der Waals surface area (Å²) in [5.41, 5.74) is 0. The highest BCUT2D eigenvalue weighted by molar-refractivity contribution is 7.47. The van der Waals surface area contributed by atoms with E-state index < -0.39 is 97.5 Å². The number of aliphatic hydroxyl groups excluding tert-OH is 1. The van der Waals surface area contributed by atoms with Crippen LogP contribution in [0.3, 0.4) is 0 Å². The van der Waals surface area contributed by atoms with Crippen LogP contribution in [-0.2, 0) is 65.4 Å². The van der Waals surface area contributed by atoms with Crippen molar-refractivity contribution in [2.75, 3.05) is 39.6 Å². The topological polar surface area (TPSA) is 237 Å². The summed E-state index contributed by atoms with van der Waals surface area (Å²) in [7, 11) is -9.86. The molecule has 5 atom stereocenters. The van der Waals surface area contributed by atoms with Crippen molar-refractivity contribution in [3.8, 4) is 0 Å². The average Bonchev–Trinajstić information content (AvgIpc) is 3.37. The van der Waals surface area contributed by atoms with E-state index in [4.69, 9.17) is 37.0 Å². The zero-order valence-corrected chi connectivity index (χ0v) is 50.3. The van der Waals surface area contributed by atoms with E-state index in [-0.39, 0.29) is 25.7 Å². The summed E-state index contributed by atoms with van der Waals surface area (Å²) in [6, 6.07) is 0. The van der Waals surface area contributed by atoms with E-state index in [0.29, 0.717) is 31.6 Å². The van der Waals surface area contributed by atoms with Gasteiger partial charge in [0.15, 0.2) is 12.2 Å². The summed E-state index contributed by atoms with van der Waals surface area (Å²) in [6.45, 7) is 9.27. The number of esters is 4. The lowest BCUT2D eigenvalue weighted by atomic mass is 10.0. The summed E-state index contributed by atoms with van der Waals surface area (Å²) in [5, 5.41) is 10.5. The van der Waals surface area contributed by atoms with Crippen molar-refractivity contribution < 1.29 is 80.2 Å². The number of hydrogen-bond donors (Lipinski definition) is 3. The molecule has 0 aliphatic rings. The molecule has 0 amide bonds. The summed E-state index contributed by atoms with van der Waals surface area (Å²) < 4.78 is 67.5. The minimum absolute atomic E-state index is 0.103. The molecule has 0 aromatic rings. The van der Waals surface area contributed by atoms with Crippen LogP contribution >= 0.6 is 15.6 Å². The fourth-order valence-electron chi connectivity index (χ4n) is 8.29. The highest BCUT2D eigenvalue weighted by Gasteiger charge is 2.30. The lowest BCUT2D eigenvalue weighted by Crippen LogP contribution is -2.30. The van der Waals surface area contributed by atoms with Gasteiger partial charge >= 0.3 is 39.5 Å². The van der Waals surface area contributed by atoms with Gasteiger partial charge in [-0.3, -0.25) is 37.3 Å². The second kappa shape index (κ2) is 50.1.